The summed E-state index contributed by atoms with van der Waals surface area (Å²) in [5, 5.41) is 9.60. The Hall–Kier alpha value is -1.55. The van der Waals surface area contributed by atoms with E-state index in [0.717, 1.165) is 16.9 Å². The molecule has 4 heteroatoms. The number of nitrogens with zero attached hydrogens (tertiary/aromatic N) is 2. The minimum atomic E-state index is 0.255. The summed E-state index contributed by atoms with van der Waals surface area (Å²) >= 11 is 0. The lowest BCUT2D eigenvalue weighted by Crippen LogP contribution is -2.14. The monoisotopic (exact) mass is 231 g/mol. The summed E-state index contributed by atoms with van der Waals surface area (Å²) in [5.41, 5.74) is 7.72. The van der Waals surface area contributed by atoms with Gasteiger partial charge in [-0.2, -0.15) is 0 Å². The van der Waals surface area contributed by atoms with Gasteiger partial charge < -0.3 is 15.4 Å². The third-order valence-corrected chi connectivity index (χ3v) is 3.41. The number of nitrogens with two attached hydrogens (primary N) is 1. The maximum atomic E-state index is 9.60. The summed E-state index contributed by atoms with van der Waals surface area (Å²) in [6, 6.07) is 5.90. The van der Waals surface area contributed by atoms with Crippen molar-refractivity contribution in [1.29, 1.82) is 0 Å². The van der Waals surface area contributed by atoms with Crippen LogP contribution in [-0.2, 0) is 0 Å². The van der Waals surface area contributed by atoms with Gasteiger partial charge in [-0.25, -0.2) is 4.98 Å². The number of rotatable bonds is 3. The SMILES string of the molecule is CC(CN)c1nc2ccc(O)cc2n1C1CC1. The summed E-state index contributed by atoms with van der Waals surface area (Å²) in [6.07, 6.45) is 2.40. The van der Waals surface area contributed by atoms with Gasteiger partial charge in [-0.3, -0.25) is 0 Å². The fraction of sp³-hybridized carbons (Fsp3) is 0.462. The molecule has 1 fully saturated rings. The van der Waals surface area contributed by atoms with Crippen LogP contribution < -0.4 is 5.73 Å². The zero-order chi connectivity index (χ0) is 12.0. The van der Waals surface area contributed by atoms with E-state index in [9.17, 15) is 5.11 Å². The molecule has 0 spiro atoms. The number of phenols is 1. The van der Waals surface area contributed by atoms with Crippen LogP contribution in [0.4, 0.5) is 0 Å². The number of aromatic hydroxyl groups is 1. The third-order valence-electron chi connectivity index (χ3n) is 3.41. The lowest BCUT2D eigenvalue weighted by molar-refractivity contribution is 0.475. The normalized spacial score (nSPS) is 17.5. The Morgan fingerprint density at radius 2 is 2.29 bits per heavy atom. The summed E-state index contributed by atoms with van der Waals surface area (Å²) in [4.78, 5) is 4.66. The van der Waals surface area contributed by atoms with E-state index >= 15 is 0 Å². The van der Waals surface area contributed by atoms with Gasteiger partial charge >= 0.3 is 0 Å². The molecule has 0 aliphatic heterocycles. The number of imidazole rings is 1. The van der Waals surface area contributed by atoms with Crippen LogP contribution in [0.5, 0.6) is 5.75 Å². The highest BCUT2D eigenvalue weighted by Crippen LogP contribution is 2.40. The van der Waals surface area contributed by atoms with Crippen molar-refractivity contribution in [3.63, 3.8) is 0 Å². The van der Waals surface area contributed by atoms with E-state index in [1.165, 1.54) is 12.8 Å². The molecule has 0 saturated heterocycles. The highest BCUT2D eigenvalue weighted by atomic mass is 16.3. The second-order valence-corrected chi connectivity index (χ2v) is 4.88. The van der Waals surface area contributed by atoms with Gasteiger partial charge in [0.05, 0.1) is 11.0 Å². The standard InChI is InChI=1S/C13H17N3O/c1-8(7-14)13-15-11-5-4-10(17)6-12(11)16(13)9-2-3-9/h4-6,8-9,17H,2-3,7,14H2,1H3. The van der Waals surface area contributed by atoms with Gasteiger partial charge in [0.25, 0.3) is 0 Å². The van der Waals surface area contributed by atoms with Crippen LogP contribution in [-0.4, -0.2) is 21.2 Å². The van der Waals surface area contributed by atoms with Crippen molar-refractivity contribution < 1.29 is 5.11 Å². The zero-order valence-corrected chi connectivity index (χ0v) is 9.93. The van der Waals surface area contributed by atoms with Gasteiger partial charge in [-0.15, -0.1) is 0 Å². The molecule has 90 valence electrons. The van der Waals surface area contributed by atoms with Crippen molar-refractivity contribution >= 4 is 11.0 Å². The van der Waals surface area contributed by atoms with Gasteiger partial charge in [-0.05, 0) is 25.0 Å². The van der Waals surface area contributed by atoms with Crippen molar-refractivity contribution in [2.24, 2.45) is 5.73 Å². The number of hydrogen-bond acceptors (Lipinski definition) is 3. The van der Waals surface area contributed by atoms with Crippen molar-refractivity contribution in [2.45, 2.75) is 31.7 Å². The van der Waals surface area contributed by atoms with Crippen molar-refractivity contribution in [3.05, 3.63) is 24.0 Å². The molecule has 0 amide bonds. The van der Waals surface area contributed by atoms with E-state index < -0.39 is 0 Å². The first-order valence-electron chi connectivity index (χ1n) is 6.11. The highest BCUT2D eigenvalue weighted by molar-refractivity contribution is 5.78. The second kappa shape index (κ2) is 3.74. The van der Waals surface area contributed by atoms with Crippen molar-refractivity contribution in [3.8, 4) is 5.75 Å². The van der Waals surface area contributed by atoms with Crippen LogP contribution in [0.25, 0.3) is 11.0 Å². The first-order chi connectivity index (χ1) is 8.20. The van der Waals surface area contributed by atoms with Gasteiger partial charge in [0, 0.05) is 24.6 Å². The number of aromatic nitrogens is 2. The molecule has 1 aliphatic carbocycles. The predicted molar refractivity (Wildman–Crippen MR) is 67.1 cm³/mol. The highest BCUT2D eigenvalue weighted by Gasteiger charge is 2.29. The Balaban J connectivity index is 2.23. The van der Waals surface area contributed by atoms with Crippen molar-refractivity contribution in [1.82, 2.24) is 9.55 Å². The fourth-order valence-corrected chi connectivity index (χ4v) is 2.27. The largest absolute Gasteiger partial charge is 0.508 e. The second-order valence-electron chi connectivity index (χ2n) is 4.88. The van der Waals surface area contributed by atoms with Crippen molar-refractivity contribution in [2.75, 3.05) is 6.54 Å². The molecule has 0 radical (unpaired) electrons. The Labute approximate surface area is 100 Å². The Kier molecular flexibility index (Phi) is 2.33. The van der Waals surface area contributed by atoms with E-state index in [0.29, 0.717) is 18.3 Å². The van der Waals surface area contributed by atoms with E-state index in [1.807, 2.05) is 6.07 Å². The van der Waals surface area contributed by atoms with Gasteiger partial charge in [0.15, 0.2) is 0 Å². The van der Waals surface area contributed by atoms with E-state index in [2.05, 4.69) is 16.5 Å². The Morgan fingerprint density at radius 3 is 2.94 bits per heavy atom. The van der Waals surface area contributed by atoms with E-state index in [-0.39, 0.29) is 5.92 Å². The van der Waals surface area contributed by atoms with Gasteiger partial charge in [0.2, 0.25) is 0 Å². The van der Waals surface area contributed by atoms with Crippen LogP contribution in [0.1, 0.15) is 37.5 Å². The molecule has 1 unspecified atom stereocenters. The summed E-state index contributed by atoms with van der Waals surface area (Å²) < 4.78 is 2.26. The van der Waals surface area contributed by atoms with Gasteiger partial charge in [0.1, 0.15) is 11.6 Å². The fourth-order valence-electron chi connectivity index (χ4n) is 2.27. The smallest absolute Gasteiger partial charge is 0.117 e. The summed E-state index contributed by atoms with van der Waals surface area (Å²) in [6.45, 7) is 2.70. The molecular formula is C13H17N3O. The van der Waals surface area contributed by atoms with E-state index in [4.69, 9.17) is 5.73 Å². The molecule has 1 aliphatic rings. The topological polar surface area (TPSA) is 64.1 Å². The van der Waals surface area contributed by atoms with Gasteiger partial charge in [-0.1, -0.05) is 6.92 Å². The molecule has 3 N–H and O–H groups in total. The van der Waals surface area contributed by atoms with Crippen LogP contribution in [0.2, 0.25) is 0 Å². The number of hydrogen-bond donors (Lipinski definition) is 2. The lowest BCUT2D eigenvalue weighted by Gasteiger charge is -2.12. The molecule has 1 aromatic carbocycles. The van der Waals surface area contributed by atoms with Crippen LogP contribution in [0, 0.1) is 0 Å². The summed E-state index contributed by atoms with van der Waals surface area (Å²) in [5.74, 6) is 1.60. The molecule has 0 bridgehead atoms. The third kappa shape index (κ3) is 1.69. The number of phenolic OH excluding ortho intramolecular Hbond substituents is 1. The minimum absolute atomic E-state index is 0.255. The average molecular weight is 231 g/mol. The maximum absolute atomic E-state index is 9.60. The molecule has 17 heavy (non-hydrogen) atoms. The Morgan fingerprint density at radius 1 is 1.53 bits per heavy atom. The first-order valence-corrected chi connectivity index (χ1v) is 6.11. The van der Waals surface area contributed by atoms with Crippen LogP contribution >= 0.6 is 0 Å². The maximum Gasteiger partial charge on any atom is 0.117 e. The molecule has 4 nitrogen and oxygen atoms in total. The quantitative estimate of drug-likeness (QED) is 0.850. The minimum Gasteiger partial charge on any atom is -0.508 e. The molecule has 3 rings (SSSR count). The molecule has 1 saturated carbocycles. The number of benzene rings is 1. The predicted octanol–water partition coefficient (Wildman–Crippen LogP) is 2.14. The van der Waals surface area contributed by atoms with Crippen LogP contribution in [0.15, 0.2) is 18.2 Å². The molecule has 1 atom stereocenters. The Bertz CT molecular complexity index is 557. The molecule has 2 aromatic rings. The number of fused-ring (bicyclic) bond motifs is 1. The van der Waals surface area contributed by atoms with Crippen LogP contribution in [0.3, 0.4) is 0 Å². The average Bonchev–Trinajstić information content (AvgIpc) is 3.09. The molecule has 1 aromatic heterocycles. The lowest BCUT2D eigenvalue weighted by atomic mass is 10.1. The zero-order valence-electron chi connectivity index (χ0n) is 9.93. The van der Waals surface area contributed by atoms with E-state index in [1.54, 1.807) is 12.1 Å². The first kappa shape index (κ1) is 10.6. The summed E-state index contributed by atoms with van der Waals surface area (Å²) in [7, 11) is 0. The molecule has 1 heterocycles. The molecular weight excluding hydrogens is 214 g/mol.